The number of hydrogen-bond acceptors (Lipinski definition) is 3. The Bertz CT molecular complexity index is 502. The molecule has 0 saturated heterocycles. The molecule has 0 bridgehead atoms. The summed E-state index contributed by atoms with van der Waals surface area (Å²) in [4.78, 5) is 4.12. The predicted octanol–water partition coefficient (Wildman–Crippen LogP) is 2.77. The molecule has 1 aromatic heterocycles. The van der Waals surface area contributed by atoms with E-state index >= 15 is 0 Å². The number of halogens is 1. The highest BCUT2D eigenvalue weighted by atomic mass is 35.5. The van der Waals surface area contributed by atoms with Gasteiger partial charge in [-0.15, -0.1) is 0 Å². The van der Waals surface area contributed by atoms with E-state index in [2.05, 4.69) is 4.98 Å². The zero-order valence-corrected chi connectivity index (χ0v) is 10.0. The van der Waals surface area contributed by atoms with Gasteiger partial charge in [-0.1, -0.05) is 23.7 Å². The smallest absolute Gasteiger partial charge is 0.138 e. The molecule has 0 saturated carbocycles. The molecule has 0 atom stereocenters. The number of rotatable bonds is 4. The van der Waals surface area contributed by atoms with E-state index in [-0.39, 0.29) is 0 Å². The lowest BCUT2D eigenvalue weighted by Crippen LogP contribution is -2.02. The van der Waals surface area contributed by atoms with Gasteiger partial charge in [-0.25, -0.2) is 0 Å². The maximum atomic E-state index is 5.99. The van der Waals surface area contributed by atoms with Gasteiger partial charge in [0.15, 0.2) is 0 Å². The monoisotopic (exact) mass is 248 g/mol. The van der Waals surface area contributed by atoms with Crippen LogP contribution in [0.25, 0.3) is 0 Å². The summed E-state index contributed by atoms with van der Waals surface area (Å²) >= 11 is 5.99. The normalized spacial score (nSPS) is 10.2. The summed E-state index contributed by atoms with van der Waals surface area (Å²) in [6.45, 7) is 0.888. The molecular weight excluding hydrogens is 236 g/mol. The van der Waals surface area contributed by atoms with Crippen molar-refractivity contribution in [3.8, 4) is 5.75 Å². The number of nitrogens with two attached hydrogens (primary N) is 1. The molecule has 3 nitrogen and oxygen atoms in total. The molecule has 2 N–H and O–H groups in total. The molecule has 1 aromatic carbocycles. The first-order chi connectivity index (χ1) is 8.29. The van der Waals surface area contributed by atoms with Gasteiger partial charge in [0.1, 0.15) is 12.4 Å². The van der Waals surface area contributed by atoms with E-state index in [9.17, 15) is 0 Å². The van der Waals surface area contributed by atoms with Gasteiger partial charge in [-0.3, -0.25) is 4.98 Å². The van der Waals surface area contributed by atoms with Crippen LogP contribution in [0.15, 0.2) is 42.6 Å². The lowest BCUT2D eigenvalue weighted by molar-refractivity contribution is 0.306. The van der Waals surface area contributed by atoms with Crippen LogP contribution >= 0.6 is 11.6 Å². The summed E-state index contributed by atoms with van der Waals surface area (Å²) in [6, 6.07) is 11.2. The van der Waals surface area contributed by atoms with Crippen LogP contribution in [0.5, 0.6) is 5.75 Å². The first-order valence-corrected chi connectivity index (χ1v) is 5.68. The van der Waals surface area contributed by atoms with Crippen molar-refractivity contribution in [1.82, 2.24) is 4.98 Å². The first-order valence-electron chi connectivity index (χ1n) is 5.31. The Morgan fingerprint density at radius 2 is 2.06 bits per heavy atom. The topological polar surface area (TPSA) is 48.1 Å². The first kappa shape index (κ1) is 11.9. The number of hydrogen-bond donors (Lipinski definition) is 1. The molecule has 0 radical (unpaired) electrons. The molecule has 0 unspecified atom stereocenters. The lowest BCUT2D eigenvalue weighted by Gasteiger charge is -2.08. The molecule has 2 rings (SSSR count). The van der Waals surface area contributed by atoms with Crippen molar-refractivity contribution in [2.24, 2.45) is 5.73 Å². The number of pyridine rings is 1. The fraction of sp³-hybridized carbons (Fsp3) is 0.154. The quantitative estimate of drug-likeness (QED) is 0.905. The van der Waals surface area contributed by atoms with Crippen LogP contribution < -0.4 is 10.5 Å². The van der Waals surface area contributed by atoms with Gasteiger partial charge >= 0.3 is 0 Å². The zero-order valence-electron chi connectivity index (χ0n) is 9.27. The minimum atomic E-state index is 0.430. The summed E-state index contributed by atoms with van der Waals surface area (Å²) in [5.41, 5.74) is 7.41. The van der Waals surface area contributed by atoms with E-state index < -0.39 is 0 Å². The average Bonchev–Trinajstić information content (AvgIpc) is 2.38. The van der Waals surface area contributed by atoms with Crippen molar-refractivity contribution in [2.45, 2.75) is 13.2 Å². The molecule has 1 heterocycles. The molecule has 17 heavy (non-hydrogen) atoms. The highest BCUT2D eigenvalue weighted by Crippen LogP contribution is 2.23. The maximum absolute atomic E-state index is 5.99. The average molecular weight is 249 g/mol. The van der Waals surface area contributed by atoms with Gasteiger partial charge in [0, 0.05) is 12.7 Å². The third-order valence-corrected chi connectivity index (χ3v) is 2.63. The molecule has 0 amide bonds. The van der Waals surface area contributed by atoms with Crippen molar-refractivity contribution in [2.75, 3.05) is 0 Å². The van der Waals surface area contributed by atoms with Gasteiger partial charge in [-0.05, 0) is 29.8 Å². The van der Waals surface area contributed by atoms with Crippen molar-refractivity contribution in [3.63, 3.8) is 0 Å². The Labute approximate surface area is 105 Å². The summed E-state index contributed by atoms with van der Waals surface area (Å²) in [5.74, 6) is 0.681. The minimum Gasteiger partial charge on any atom is -0.487 e. The van der Waals surface area contributed by atoms with Crippen LogP contribution in [0.3, 0.4) is 0 Å². The number of para-hydroxylation sites is 1. The molecule has 0 aliphatic rings. The van der Waals surface area contributed by atoms with E-state index in [0.29, 0.717) is 23.9 Å². The predicted molar refractivity (Wildman–Crippen MR) is 67.9 cm³/mol. The Hall–Kier alpha value is -1.58. The van der Waals surface area contributed by atoms with E-state index in [0.717, 1.165) is 11.3 Å². The number of aromatic nitrogens is 1. The van der Waals surface area contributed by atoms with Crippen LogP contribution in [0.4, 0.5) is 0 Å². The lowest BCUT2D eigenvalue weighted by atomic mass is 10.2. The van der Waals surface area contributed by atoms with Crippen molar-refractivity contribution in [1.29, 1.82) is 0 Å². The molecule has 0 spiro atoms. The SMILES string of the molecule is NCc1cc(COc2ccccc2Cl)ccn1. The third-order valence-electron chi connectivity index (χ3n) is 2.32. The van der Waals surface area contributed by atoms with E-state index in [4.69, 9.17) is 22.1 Å². The summed E-state index contributed by atoms with van der Waals surface area (Å²) in [7, 11) is 0. The number of nitrogens with zero attached hydrogens (tertiary/aromatic N) is 1. The van der Waals surface area contributed by atoms with E-state index in [1.807, 2.05) is 30.3 Å². The largest absolute Gasteiger partial charge is 0.487 e. The summed E-state index contributed by atoms with van der Waals surface area (Å²) in [5, 5.41) is 0.612. The van der Waals surface area contributed by atoms with Crippen molar-refractivity contribution >= 4 is 11.6 Å². The van der Waals surface area contributed by atoms with Gasteiger partial charge < -0.3 is 10.5 Å². The van der Waals surface area contributed by atoms with E-state index in [1.54, 1.807) is 12.3 Å². The number of ether oxygens (including phenoxy) is 1. The van der Waals surface area contributed by atoms with Crippen LogP contribution in [0, 0.1) is 0 Å². The van der Waals surface area contributed by atoms with Crippen LogP contribution in [0.1, 0.15) is 11.3 Å². The second-order valence-electron chi connectivity index (χ2n) is 3.58. The zero-order chi connectivity index (χ0) is 12.1. The van der Waals surface area contributed by atoms with Gasteiger partial charge in [0.2, 0.25) is 0 Å². The Morgan fingerprint density at radius 1 is 1.24 bits per heavy atom. The Balaban J connectivity index is 2.05. The van der Waals surface area contributed by atoms with Gasteiger partial charge in [-0.2, -0.15) is 0 Å². The standard InChI is InChI=1S/C13H13ClN2O/c14-12-3-1-2-4-13(12)17-9-10-5-6-16-11(7-10)8-15/h1-7H,8-9,15H2. The van der Waals surface area contributed by atoms with Gasteiger partial charge in [0.25, 0.3) is 0 Å². The van der Waals surface area contributed by atoms with Crippen LogP contribution in [-0.4, -0.2) is 4.98 Å². The molecular formula is C13H13ClN2O. The second kappa shape index (κ2) is 5.66. The molecule has 4 heteroatoms. The van der Waals surface area contributed by atoms with E-state index in [1.165, 1.54) is 0 Å². The minimum absolute atomic E-state index is 0.430. The fourth-order valence-electron chi connectivity index (χ4n) is 1.45. The third kappa shape index (κ3) is 3.19. The number of benzene rings is 1. The summed E-state index contributed by atoms with van der Waals surface area (Å²) in [6.07, 6.45) is 1.73. The molecule has 88 valence electrons. The second-order valence-corrected chi connectivity index (χ2v) is 3.99. The molecule has 0 fully saturated rings. The van der Waals surface area contributed by atoms with Crippen molar-refractivity contribution < 1.29 is 4.74 Å². The summed E-state index contributed by atoms with van der Waals surface area (Å²) < 4.78 is 5.62. The molecule has 0 aliphatic carbocycles. The molecule has 2 aromatic rings. The highest BCUT2D eigenvalue weighted by Gasteiger charge is 2.01. The van der Waals surface area contributed by atoms with Crippen molar-refractivity contribution in [3.05, 3.63) is 58.9 Å². The molecule has 0 aliphatic heterocycles. The van der Waals surface area contributed by atoms with Crippen LogP contribution in [0.2, 0.25) is 5.02 Å². The highest BCUT2D eigenvalue weighted by molar-refractivity contribution is 6.32. The van der Waals surface area contributed by atoms with Gasteiger partial charge in [0.05, 0.1) is 10.7 Å². The fourth-order valence-corrected chi connectivity index (χ4v) is 1.64. The Morgan fingerprint density at radius 3 is 2.82 bits per heavy atom. The Kier molecular flexibility index (Phi) is 3.96. The maximum Gasteiger partial charge on any atom is 0.138 e. The van der Waals surface area contributed by atoms with Crippen LogP contribution in [-0.2, 0) is 13.2 Å².